The highest BCUT2D eigenvalue weighted by molar-refractivity contribution is 5.47. The number of hydrogen-bond donors (Lipinski definition) is 1. The predicted molar refractivity (Wildman–Crippen MR) is 37.7 cm³/mol. The van der Waals surface area contributed by atoms with E-state index < -0.39 is 0 Å². The topological polar surface area (TPSA) is 29.1 Å². The summed E-state index contributed by atoms with van der Waals surface area (Å²) in [5.41, 5.74) is 0.136. The van der Waals surface area contributed by atoms with Crippen LogP contribution in [-0.2, 0) is 4.79 Å². The summed E-state index contributed by atoms with van der Waals surface area (Å²) in [6, 6.07) is 0.190. The fourth-order valence-corrected chi connectivity index (χ4v) is 0.305. The number of carbonyl (C=O) groups excluding carboxylic acids is 1. The standard InChI is InChI=1S/C7H14NO/c1-6(8-5-9)7(2,3)4/h6H,1-4H3,(H,8,9). The highest BCUT2D eigenvalue weighted by Crippen LogP contribution is 2.17. The molecule has 1 amide bonds. The van der Waals surface area contributed by atoms with Crippen LogP contribution in [0.3, 0.4) is 0 Å². The van der Waals surface area contributed by atoms with E-state index in [1.54, 1.807) is 6.41 Å². The Kier molecular flexibility index (Phi) is 2.68. The molecule has 0 saturated carbocycles. The maximum Gasteiger partial charge on any atom is 0.309 e. The zero-order chi connectivity index (χ0) is 7.49. The van der Waals surface area contributed by atoms with Gasteiger partial charge in [-0.1, -0.05) is 20.8 Å². The fourth-order valence-electron chi connectivity index (χ4n) is 0.305. The largest absolute Gasteiger partial charge is 0.345 e. The lowest BCUT2D eigenvalue weighted by Gasteiger charge is -2.25. The molecule has 0 aliphatic rings. The molecule has 0 aromatic heterocycles. The highest BCUT2D eigenvalue weighted by Gasteiger charge is 2.18. The Morgan fingerprint density at radius 2 is 1.89 bits per heavy atom. The van der Waals surface area contributed by atoms with Crippen molar-refractivity contribution in [1.29, 1.82) is 0 Å². The molecule has 0 aliphatic carbocycles. The van der Waals surface area contributed by atoms with E-state index in [0.29, 0.717) is 0 Å². The second kappa shape index (κ2) is 2.85. The minimum atomic E-state index is 0.136. The summed E-state index contributed by atoms with van der Waals surface area (Å²) >= 11 is 0. The van der Waals surface area contributed by atoms with Crippen molar-refractivity contribution >= 4 is 6.41 Å². The van der Waals surface area contributed by atoms with Gasteiger partial charge in [-0.2, -0.15) is 0 Å². The van der Waals surface area contributed by atoms with Gasteiger partial charge in [-0.15, -0.1) is 0 Å². The van der Waals surface area contributed by atoms with Crippen LogP contribution in [0.15, 0.2) is 0 Å². The van der Waals surface area contributed by atoms with Gasteiger partial charge in [0.25, 0.3) is 0 Å². The minimum absolute atomic E-state index is 0.136. The normalized spacial score (nSPS) is 14.7. The molecule has 9 heavy (non-hydrogen) atoms. The van der Waals surface area contributed by atoms with Crippen molar-refractivity contribution < 1.29 is 4.79 Å². The molecule has 53 valence electrons. The molecule has 1 N–H and O–H groups in total. The fraction of sp³-hybridized carbons (Fsp3) is 0.857. The number of nitrogens with one attached hydrogen (secondary N) is 1. The van der Waals surface area contributed by atoms with Gasteiger partial charge in [0.05, 0.1) is 0 Å². The van der Waals surface area contributed by atoms with Crippen LogP contribution in [0.5, 0.6) is 0 Å². The number of amides is 1. The van der Waals surface area contributed by atoms with Crippen molar-refractivity contribution in [3.05, 3.63) is 0 Å². The first-order valence-electron chi connectivity index (χ1n) is 3.11. The molecule has 0 heterocycles. The average Bonchev–Trinajstić information content (AvgIpc) is 1.64. The molecule has 2 heteroatoms. The second-order valence-corrected chi connectivity index (χ2v) is 3.33. The summed E-state index contributed by atoms with van der Waals surface area (Å²) in [6.07, 6.45) is 1.67. The number of rotatable bonds is 2. The molecule has 0 aromatic rings. The monoisotopic (exact) mass is 128 g/mol. The summed E-state index contributed by atoms with van der Waals surface area (Å²) in [5.74, 6) is 0. The summed E-state index contributed by atoms with van der Waals surface area (Å²) < 4.78 is 0. The smallest absolute Gasteiger partial charge is 0.309 e. The summed E-state index contributed by atoms with van der Waals surface area (Å²) in [5, 5.41) is 2.58. The Labute approximate surface area is 56.6 Å². The maximum atomic E-state index is 9.83. The van der Waals surface area contributed by atoms with E-state index in [0.717, 1.165) is 0 Å². The first kappa shape index (κ1) is 8.47. The number of hydrogen-bond acceptors (Lipinski definition) is 1. The molecular formula is C7H14NO. The summed E-state index contributed by atoms with van der Waals surface area (Å²) in [4.78, 5) is 9.83. The van der Waals surface area contributed by atoms with Gasteiger partial charge in [0.2, 0.25) is 0 Å². The second-order valence-electron chi connectivity index (χ2n) is 3.33. The van der Waals surface area contributed by atoms with E-state index in [1.807, 2.05) is 6.92 Å². The van der Waals surface area contributed by atoms with E-state index in [1.165, 1.54) is 0 Å². The van der Waals surface area contributed by atoms with Gasteiger partial charge in [0.15, 0.2) is 0 Å². The van der Waals surface area contributed by atoms with Gasteiger partial charge in [-0.3, -0.25) is 4.79 Å². The molecule has 0 bridgehead atoms. The van der Waals surface area contributed by atoms with E-state index in [-0.39, 0.29) is 11.5 Å². The molecule has 0 fully saturated rings. The Hall–Kier alpha value is -0.530. The van der Waals surface area contributed by atoms with Crippen molar-refractivity contribution in [1.82, 2.24) is 5.32 Å². The van der Waals surface area contributed by atoms with Gasteiger partial charge in [-0.05, 0) is 12.3 Å². The molecule has 0 rings (SSSR count). The van der Waals surface area contributed by atoms with Gasteiger partial charge < -0.3 is 5.32 Å². The molecule has 1 radical (unpaired) electrons. The molecule has 0 spiro atoms. The third-order valence-corrected chi connectivity index (χ3v) is 1.57. The molecule has 0 aliphatic heterocycles. The Bertz CT molecular complexity index is 93.6. The quantitative estimate of drug-likeness (QED) is 0.554. The molecule has 0 aromatic carbocycles. The lowest BCUT2D eigenvalue weighted by atomic mass is 9.88. The lowest BCUT2D eigenvalue weighted by molar-refractivity contribution is 0.312. The molecule has 0 saturated heterocycles. The van der Waals surface area contributed by atoms with Crippen molar-refractivity contribution in [2.75, 3.05) is 0 Å². The molecule has 1 atom stereocenters. The van der Waals surface area contributed by atoms with Crippen molar-refractivity contribution in [2.24, 2.45) is 5.41 Å². The lowest BCUT2D eigenvalue weighted by Crippen LogP contribution is -2.36. The Morgan fingerprint density at radius 3 is 2.00 bits per heavy atom. The van der Waals surface area contributed by atoms with Gasteiger partial charge in [0, 0.05) is 6.04 Å². The van der Waals surface area contributed by atoms with Crippen LogP contribution in [0.4, 0.5) is 0 Å². The van der Waals surface area contributed by atoms with Gasteiger partial charge >= 0.3 is 6.41 Å². The first-order valence-corrected chi connectivity index (χ1v) is 3.11. The maximum absolute atomic E-state index is 9.83. The van der Waals surface area contributed by atoms with E-state index in [9.17, 15) is 4.79 Å². The average molecular weight is 128 g/mol. The van der Waals surface area contributed by atoms with Crippen LogP contribution in [0.2, 0.25) is 0 Å². The third-order valence-electron chi connectivity index (χ3n) is 1.57. The Morgan fingerprint density at radius 1 is 1.44 bits per heavy atom. The molecular weight excluding hydrogens is 114 g/mol. The molecule has 2 nitrogen and oxygen atoms in total. The van der Waals surface area contributed by atoms with Crippen molar-refractivity contribution in [3.8, 4) is 0 Å². The van der Waals surface area contributed by atoms with Crippen LogP contribution < -0.4 is 5.32 Å². The SMILES string of the molecule is CC(N[C]=O)C(C)(C)C. The minimum Gasteiger partial charge on any atom is -0.345 e. The van der Waals surface area contributed by atoms with Crippen molar-refractivity contribution in [2.45, 2.75) is 33.7 Å². The van der Waals surface area contributed by atoms with Gasteiger partial charge in [0.1, 0.15) is 0 Å². The van der Waals surface area contributed by atoms with Crippen molar-refractivity contribution in [3.63, 3.8) is 0 Å². The Balaban J connectivity index is 3.72. The van der Waals surface area contributed by atoms with E-state index >= 15 is 0 Å². The van der Waals surface area contributed by atoms with Crippen LogP contribution in [-0.4, -0.2) is 12.5 Å². The first-order chi connectivity index (χ1) is 3.98. The zero-order valence-electron chi connectivity index (χ0n) is 6.49. The van der Waals surface area contributed by atoms with Crippen LogP contribution in [0.25, 0.3) is 0 Å². The zero-order valence-corrected chi connectivity index (χ0v) is 6.49. The molecule has 1 unspecified atom stereocenters. The van der Waals surface area contributed by atoms with Crippen LogP contribution >= 0.6 is 0 Å². The third kappa shape index (κ3) is 3.12. The summed E-state index contributed by atoms with van der Waals surface area (Å²) in [6.45, 7) is 8.18. The highest BCUT2D eigenvalue weighted by atomic mass is 16.1. The van der Waals surface area contributed by atoms with E-state index in [4.69, 9.17) is 0 Å². The van der Waals surface area contributed by atoms with Crippen LogP contribution in [0, 0.1) is 5.41 Å². The van der Waals surface area contributed by atoms with E-state index in [2.05, 4.69) is 26.1 Å². The summed E-state index contributed by atoms with van der Waals surface area (Å²) in [7, 11) is 0. The predicted octanol–water partition coefficient (Wildman–Crippen LogP) is 1.08. The van der Waals surface area contributed by atoms with Gasteiger partial charge in [-0.25, -0.2) is 0 Å². The van der Waals surface area contributed by atoms with Crippen LogP contribution in [0.1, 0.15) is 27.7 Å².